The summed E-state index contributed by atoms with van der Waals surface area (Å²) < 4.78 is 6.18. The van der Waals surface area contributed by atoms with Crippen molar-refractivity contribution in [3.63, 3.8) is 0 Å². The zero-order valence-corrected chi connectivity index (χ0v) is 25.1. The minimum Gasteiger partial charge on any atom is -0.452 e. The summed E-state index contributed by atoms with van der Waals surface area (Å²) in [6, 6.07) is 26.2. The van der Waals surface area contributed by atoms with Gasteiger partial charge in [-0.15, -0.1) is 0 Å². The molecule has 4 aliphatic rings. The van der Waals surface area contributed by atoms with Crippen LogP contribution in [0.2, 0.25) is 0 Å². The van der Waals surface area contributed by atoms with Gasteiger partial charge in [0.25, 0.3) is 5.91 Å². The van der Waals surface area contributed by atoms with E-state index in [1.54, 1.807) is 12.1 Å². The number of hydrogen-bond acceptors (Lipinski definition) is 5. The maximum Gasteiger partial charge on any atom is 0.338 e. The van der Waals surface area contributed by atoms with Gasteiger partial charge in [0.2, 0.25) is 11.8 Å². The van der Waals surface area contributed by atoms with Crippen LogP contribution in [0.3, 0.4) is 0 Å². The monoisotopic (exact) mass is 634 g/mol. The summed E-state index contributed by atoms with van der Waals surface area (Å²) >= 11 is 3.47. The van der Waals surface area contributed by atoms with Crippen LogP contribution in [-0.4, -0.2) is 30.3 Å². The Morgan fingerprint density at radius 3 is 1.79 bits per heavy atom. The van der Waals surface area contributed by atoms with E-state index in [1.165, 1.54) is 17.0 Å². The van der Waals surface area contributed by atoms with Gasteiger partial charge in [-0.1, -0.05) is 64.5 Å². The van der Waals surface area contributed by atoms with Crippen molar-refractivity contribution in [3.05, 3.63) is 128 Å². The van der Waals surface area contributed by atoms with Gasteiger partial charge in [0.05, 0.1) is 23.1 Å². The number of rotatable bonds is 5. The second-order valence-corrected chi connectivity index (χ2v) is 12.2. The minimum atomic E-state index is -0.679. The second-order valence-electron chi connectivity index (χ2n) is 11.4. The third-order valence-corrected chi connectivity index (χ3v) is 9.78. The average molecular weight is 636 g/mol. The largest absolute Gasteiger partial charge is 0.452 e. The highest BCUT2D eigenvalue weighted by Crippen LogP contribution is 2.61. The number of carbonyl (C=O) groups is 4. The summed E-state index contributed by atoms with van der Waals surface area (Å²) in [6.45, 7) is 3.34. The first-order chi connectivity index (χ1) is 20.7. The number of nitrogens with one attached hydrogen (secondary N) is 1. The number of benzene rings is 4. The average Bonchev–Trinajstić information content (AvgIpc) is 3.28. The van der Waals surface area contributed by atoms with Crippen molar-refractivity contribution in [2.45, 2.75) is 25.7 Å². The lowest BCUT2D eigenvalue weighted by Crippen LogP contribution is -2.41. The van der Waals surface area contributed by atoms with Gasteiger partial charge in [0, 0.05) is 22.0 Å². The molecule has 8 rings (SSSR count). The summed E-state index contributed by atoms with van der Waals surface area (Å²) in [7, 11) is 0. The highest BCUT2D eigenvalue weighted by molar-refractivity contribution is 9.10. The fourth-order valence-electron chi connectivity index (χ4n) is 6.99. The van der Waals surface area contributed by atoms with Crippen LogP contribution in [0.5, 0.6) is 0 Å². The van der Waals surface area contributed by atoms with E-state index in [9.17, 15) is 19.2 Å². The normalized spacial score (nSPS) is 21.2. The summed E-state index contributed by atoms with van der Waals surface area (Å²) in [5.41, 5.74) is 7.56. The molecule has 3 aliphatic carbocycles. The zero-order valence-electron chi connectivity index (χ0n) is 23.5. The van der Waals surface area contributed by atoms with Crippen LogP contribution in [0, 0.1) is 25.7 Å². The van der Waals surface area contributed by atoms with Gasteiger partial charge in [-0.3, -0.25) is 14.4 Å². The number of aryl methyl sites for hydroxylation is 2. The van der Waals surface area contributed by atoms with Crippen molar-refractivity contribution in [2.24, 2.45) is 11.8 Å². The topological polar surface area (TPSA) is 92.8 Å². The molecule has 3 amide bonds. The minimum absolute atomic E-state index is 0.186. The van der Waals surface area contributed by atoms with E-state index in [1.807, 2.05) is 50.2 Å². The van der Waals surface area contributed by atoms with Crippen molar-refractivity contribution in [1.82, 2.24) is 0 Å². The molecular weight excluding hydrogens is 608 g/mol. The Hall–Kier alpha value is -4.56. The van der Waals surface area contributed by atoms with E-state index >= 15 is 0 Å². The van der Waals surface area contributed by atoms with Crippen LogP contribution in [0.4, 0.5) is 11.4 Å². The number of amides is 3. The molecule has 2 atom stereocenters. The van der Waals surface area contributed by atoms with Crippen LogP contribution >= 0.6 is 15.9 Å². The van der Waals surface area contributed by atoms with Gasteiger partial charge in [0.1, 0.15) is 0 Å². The first kappa shape index (κ1) is 27.3. The fraction of sp³-hybridized carbons (Fsp3) is 0.200. The number of halogens is 1. The number of carbonyl (C=O) groups excluding carboxylic acids is 4. The third kappa shape index (κ3) is 4.31. The molecule has 2 bridgehead atoms. The molecular formula is C35H27BrN2O5. The molecule has 1 saturated heterocycles. The third-order valence-electron chi connectivity index (χ3n) is 8.92. The lowest BCUT2D eigenvalue weighted by molar-refractivity contribution is -0.122. The van der Waals surface area contributed by atoms with E-state index in [2.05, 4.69) is 45.5 Å². The number of anilines is 2. The molecule has 0 radical (unpaired) electrons. The summed E-state index contributed by atoms with van der Waals surface area (Å²) in [5, 5.41) is 2.77. The van der Waals surface area contributed by atoms with E-state index in [0.29, 0.717) is 11.4 Å². The number of esters is 1. The molecule has 1 N–H and O–H groups in total. The molecule has 43 heavy (non-hydrogen) atoms. The molecule has 0 aromatic heterocycles. The predicted octanol–water partition coefficient (Wildman–Crippen LogP) is 6.26. The number of nitrogens with zero attached hydrogens (tertiary/aromatic N) is 1. The summed E-state index contributed by atoms with van der Waals surface area (Å²) in [6.07, 6.45) is 0. The summed E-state index contributed by atoms with van der Waals surface area (Å²) in [4.78, 5) is 54.3. The lowest BCUT2D eigenvalue weighted by Gasteiger charge is -2.45. The van der Waals surface area contributed by atoms with E-state index in [4.69, 9.17) is 4.74 Å². The fourth-order valence-corrected chi connectivity index (χ4v) is 7.45. The Bertz CT molecular complexity index is 1730. The second kappa shape index (κ2) is 10.3. The van der Waals surface area contributed by atoms with Gasteiger partial charge >= 0.3 is 5.97 Å². The zero-order chi connectivity index (χ0) is 30.0. The first-order valence-electron chi connectivity index (χ1n) is 14.1. The lowest BCUT2D eigenvalue weighted by atomic mass is 9.55. The molecule has 214 valence electrons. The maximum atomic E-state index is 13.9. The molecule has 8 heteroatoms. The Morgan fingerprint density at radius 1 is 0.767 bits per heavy atom. The standard InChI is InChI=1S/C35H27BrN2O5/c1-18-16-27(19(2)15-26(18)36)37-28(39)17-43-35(42)20-11-13-21(14-12-20)38-33(40)31-29-22-7-3-4-8-23(22)30(32(31)34(38)41)25-10-6-5-9-24(25)29/h3-16,29-32H,17H2,1-2H3,(H,37,39)/t29?,30?,31-,32+. The van der Waals surface area contributed by atoms with Crippen molar-refractivity contribution < 1.29 is 23.9 Å². The van der Waals surface area contributed by atoms with Crippen LogP contribution in [0.25, 0.3) is 0 Å². The van der Waals surface area contributed by atoms with Crippen LogP contribution < -0.4 is 10.2 Å². The molecule has 0 spiro atoms. The van der Waals surface area contributed by atoms with Gasteiger partial charge < -0.3 is 10.1 Å². The van der Waals surface area contributed by atoms with Gasteiger partial charge in [-0.25, -0.2) is 9.69 Å². The molecule has 4 aromatic carbocycles. The maximum absolute atomic E-state index is 13.9. The van der Waals surface area contributed by atoms with Crippen LogP contribution in [-0.2, 0) is 19.1 Å². The molecule has 1 aliphatic heterocycles. The Balaban J connectivity index is 1.08. The van der Waals surface area contributed by atoms with Gasteiger partial charge in [0.15, 0.2) is 6.61 Å². The highest BCUT2D eigenvalue weighted by Gasteiger charge is 2.61. The van der Waals surface area contributed by atoms with Crippen molar-refractivity contribution in [1.29, 1.82) is 0 Å². The smallest absolute Gasteiger partial charge is 0.338 e. The predicted molar refractivity (Wildman–Crippen MR) is 165 cm³/mol. The Kier molecular flexibility index (Phi) is 6.54. The molecule has 0 unspecified atom stereocenters. The number of ether oxygens (including phenoxy) is 1. The van der Waals surface area contributed by atoms with Crippen molar-refractivity contribution in [2.75, 3.05) is 16.8 Å². The number of imide groups is 1. The van der Waals surface area contributed by atoms with Crippen LogP contribution in [0.1, 0.15) is 55.6 Å². The van der Waals surface area contributed by atoms with Gasteiger partial charge in [-0.2, -0.15) is 0 Å². The molecule has 1 heterocycles. The summed E-state index contributed by atoms with van der Waals surface area (Å²) in [5.74, 6) is -2.92. The molecule has 4 aromatic rings. The Morgan fingerprint density at radius 2 is 1.28 bits per heavy atom. The van der Waals surface area contributed by atoms with Crippen LogP contribution in [0.15, 0.2) is 89.4 Å². The van der Waals surface area contributed by atoms with Crippen molar-refractivity contribution in [3.8, 4) is 0 Å². The number of hydrogen-bond donors (Lipinski definition) is 1. The molecule has 7 nitrogen and oxygen atoms in total. The van der Waals surface area contributed by atoms with Gasteiger partial charge in [-0.05, 0) is 83.6 Å². The first-order valence-corrected chi connectivity index (χ1v) is 14.9. The molecule has 1 fully saturated rings. The molecule has 0 saturated carbocycles. The van der Waals surface area contributed by atoms with E-state index in [-0.39, 0.29) is 29.2 Å². The van der Waals surface area contributed by atoms with Crippen molar-refractivity contribution >= 4 is 51.0 Å². The highest BCUT2D eigenvalue weighted by atomic mass is 79.9. The Labute approximate surface area is 257 Å². The van der Waals surface area contributed by atoms with E-state index < -0.39 is 30.3 Å². The SMILES string of the molecule is Cc1cc(NC(=O)COC(=O)c2ccc(N3C(=O)[C@@H]4C5c6ccccc6C(c6ccccc65)[C@@H]4C3=O)cc2)c(C)cc1Br. The quantitative estimate of drug-likeness (QED) is 0.207. The van der Waals surface area contributed by atoms with E-state index in [0.717, 1.165) is 37.9 Å².